The number of halogens is 1. The number of likely N-dealkylation sites (N-methyl/N-ethyl adjacent to an activating group) is 1. The quantitative estimate of drug-likeness (QED) is 0.873. The van der Waals surface area contributed by atoms with Crippen molar-refractivity contribution >= 4 is 33.4 Å². The lowest BCUT2D eigenvalue weighted by atomic mass is 10.2. The van der Waals surface area contributed by atoms with Crippen molar-refractivity contribution in [2.45, 2.75) is 26.2 Å². The normalized spacial score (nSPS) is 10.1. The SMILES string of the molecule is CCCCC(=O)N(C)CC(=O)Nc1ccccc1Br. The molecule has 1 aromatic carbocycles. The minimum Gasteiger partial charge on any atom is -0.336 e. The number of anilines is 1. The Morgan fingerprint density at radius 2 is 2.00 bits per heavy atom. The Bertz CT molecular complexity index is 449. The fourth-order valence-electron chi connectivity index (χ4n) is 1.57. The number of rotatable bonds is 6. The van der Waals surface area contributed by atoms with Gasteiger partial charge in [0, 0.05) is 17.9 Å². The molecule has 0 aromatic heterocycles. The van der Waals surface area contributed by atoms with Gasteiger partial charge in [-0.1, -0.05) is 25.5 Å². The molecule has 1 aromatic rings. The largest absolute Gasteiger partial charge is 0.336 e. The summed E-state index contributed by atoms with van der Waals surface area (Å²) in [6.45, 7) is 2.11. The molecule has 0 aliphatic heterocycles. The lowest BCUT2D eigenvalue weighted by molar-refractivity contribution is -0.133. The van der Waals surface area contributed by atoms with E-state index < -0.39 is 0 Å². The van der Waals surface area contributed by atoms with E-state index in [4.69, 9.17) is 0 Å². The van der Waals surface area contributed by atoms with Crippen LogP contribution in [0.5, 0.6) is 0 Å². The Hall–Kier alpha value is -1.36. The van der Waals surface area contributed by atoms with Crippen molar-refractivity contribution in [1.29, 1.82) is 0 Å². The van der Waals surface area contributed by atoms with Crippen LogP contribution in [0.4, 0.5) is 5.69 Å². The van der Waals surface area contributed by atoms with Crippen molar-refractivity contribution in [3.63, 3.8) is 0 Å². The summed E-state index contributed by atoms with van der Waals surface area (Å²) in [5.74, 6) is -0.191. The number of carbonyl (C=O) groups excluding carboxylic acids is 2. The fourth-order valence-corrected chi connectivity index (χ4v) is 1.96. The summed E-state index contributed by atoms with van der Waals surface area (Å²) in [5.41, 5.74) is 0.710. The first-order chi connectivity index (χ1) is 9.04. The number of hydrogen-bond donors (Lipinski definition) is 1. The van der Waals surface area contributed by atoms with Gasteiger partial charge in [0.2, 0.25) is 11.8 Å². The maximum Gasteiger partial charge on any atom is 0.244 e. The van der Waals surface area contributed by atoms with Gasteiger partial charge >= 0.3 is 0 Å². The lowest BCUT2D eigenvalue weighted by Crippen LogP contribution is -2.34. The first-order valence-electron chi connectivity index (χ1n) is 6.33. The molecule has 0 unspecified atom stereocenters. The zero-order chi connectivity index (χ0) is 14.3. The molecule has 0 heterocycles. The summed E-state index contributed by atoms with van der Waals surface area (Å²) in [7, 11) is 1.65. The van der Waals surface area contributed by atoms with Gasteiger partial charge in [0.05, 0.1) is 12.2 Å². The average molecular weight is 327 g/mol. The molecule has 4 nitrogen and oxygen atoms in total. The molecule has 19 heavy (non-hydrogen) atoms. The molecule has 1 N–H and O–H groups in total. The van der Waals surface area contributed by atoms with Crippen molar-refractivity contribution in [2.75, 3.05) is 18.9 Å². The van der Waals surface area contributed by atoms with E-state index in [1.165, 1.54) is 4.90 Å². The highest BCUT2D eigenvalue weighted by Crippen LogP contribution is 2.20. The lowest BCUT2D eigenvalue weighted by Gasteiger charge is -2.17. The highest BCUT2D eigenvalue weighted by molar-refractivity contribution is 9.10. The van der Waals surface area contributed by atoms with Crippen LogP contribution in [0, 0.1) is 0 Å². The summed E-state index contributed by atoms with van der Waals surface area (Å²) in [6.07, 6.45) is 2.33. The van der Waals surface area contributed by atoms with E-state index >= 15 is 0 Å². The van der Waals surface area contributed by atoms with E-state index in [1.54, 1.807) is 13.1 Å². The van der Waals surface area contributed by atoms with Gasteiger partial charge in [-0.05, 0) is 34.5 Å². The van der Waals surface area contributed by atoms with Gasteiger partial charge < -0.3 is 10.2 Å². The van der Waals surface area contributed by atoms with Crippen molar-refractivity contribution in [1.82, 2.24) is 4.90 Å². The van der Waals surface area contributed by atoms with Crippen LogP contribution in [0.25, 0.3) is 0 Å². The fraction of sp³-hybridized carbons (Fsp3) is 0.429. The Kier molecular flexibility index (Phi) is 6.56. The molecule has 0 aliphatic carbocycles. The second-order valence-electron chi connectivity index (χ2n) is 4.38. The first kappa shape index (κ1) is 15.7. The summed E-state index contributed by atoms with van der Waals surface area (Å²) in [5, 5.41) is 2.77. The Morgan fingerprint density at radius 3 is 2.63 bits per heavy atom. The van der Waals surface area contributed by atoms with Crippen LogP contribution in [-0.4, -0.2) is 30.3 Å². The molecule has 0 aliphatic rings. The molecule has 0 atom stereocenters. The third kappa shape index (κ3) is 5.42. The van der Waals surface area contributed by atoms with E-state index in [0.29, 0.717) is 12.1 Å². The van der Waals surface area contributed by atoms with Crippen LogP contribution >= 0.6 is 15.9 Å². The van der Waals surface area contributed by atoms with Gasteiger partial charge in [-0.25, -0.2) is 0 Å². The molecule has 104 valence electrons. The van der Waals surface area contributed by atoms with Crippen LogP contribution < -0.4 is 5.32 Å². The van der Waals surface area contributed by atoms with E-state index in [1.807, 2.05) is 25.1 Å². The molecule has 1 rings (SSSR count). The summed E-state index contributed by atoms with van der Waals surface area (Å²) >= 11 is 3.36. The second-order valence-corrected chi connectivity index (χ2v) is 5.24. The monoisotopic (exact) mass is 326 g/mol. The van der Waals surface area contributed by atoms with Gasteiger partial charge in [0.25, 0.3) is 0 Å². The Balaban J connectivity index is 2.47. The first-order valence-corrected chi connectivity index (χ1v) is 7.12. The van der Waals surface area contributed by atoms with Crippen molar-refractivity contribution in [3.05, 3.63) is 28.7 Å². The van der Waals surface area contributed by atoms with E-state index in [-0.39, 0.29) is 18.4 Å². The van der Waals surface area contributed by atoms with Crippen molar-refractivity contribution < 1.29 is 9.59 Å². The number of para-hydroxylation sites is 1. The predicted octanol–water partition coefficient (Wildman–Crippen LogP) is 3.04. The third-order valence-electron chi connectivity index (χ3n) is 2.70. The highest BCUT2D eigenvalue weighted by Gasteiger charge is 2.13. The van der Waals surface area contributed by atoms with Crippen LogP contribution in [0.15, 0.2) is 28.7 Å². The summed E-state index contributed by atoms with van der Waals surface area (Å²) < 4.78 is 0.823. The van der Waals surface area contributed by atoms with Gasteiger partial charge in [-0.2, -0.15) is 0 Å². The number of nitrogens with zero attached hydrogens (tertiary/aromatic N) is 1. The summed E-state index contributed by atoms with van der Waals surface area (Å²) in [4.78, 5) is 25.0. The van der Waals surface area contributed by atoms with E-state index in [0.717, 1.165) is 17.3 Å². The Labute approximate surface area is 122 Å². The zero-order valence-corrected chi connectivity index (χ0v) is 12.9. The maximum atomic E-state index is 11.8. The topological polar surface area (TPSA) is 49.4 Å². The van der Waals surface area contributed by atoms with Crippen LogP contribution in [0.1, 0.15) is 26.2 Å². The maximum absolute atomic E-state index is 11.8. The number of unbranched alkanes of at least 4 members (excludes halogenated alkanes) is 1. The average Bonchev–Trinajstić information content (AvgIpc) is 2.38. The minimum absolute atomic E-state index is 0.00382. The molecular formula is C14H19BrN2O2. The second kappa shape index (κ2) is 7.94. The number of nitrogens with one attached hydrogen (secondary N) is 1. The van der Waals surface area contributed by atoms with E-state index in [9.17, 15) is 9.59 Å². The number of carbonyl (C=O) groups is 2. The molecular weight excluding hydrogens is 308 g/mol. The summed E-state index contributed by atoms with van der Waals surface area (Å²) in [6, 6.07) is 7.38. The molecule has 0 saturated carbocycles. The van der Waals surface area contributed by atoms with Crippen molar-refractivity contribution in [3.8, 4) is 0 Å². The van der Waals surface area contributed by atoms with Gasteiger partial charge in [0.1, 0.15) is 0 Å². The number of benzene rings is 1. The predicted molar refractivity (Wildman–Crippen MR) is 79.9 cm³/mol. The van der Waals surface area contributed by atoms with Gasteiger partial charge in [0.15, 0.2) is 0 Å². The smallest absolute Gasteiger partial charge is 0.244 e. The van der Waals surface area contributed by atoms with Gasteiger partial charge in [-0.15, -0.1) is 0 Å². The van der Waals surface area contributed by atoms with E-state index in [2.05, 4.69) is 21.2 Å². The Morgan fingerprint density at radius 1 is 1.32 bits per heavy atom. The van der Waals surface area contributed by atoms with Crippen molar-refractivity contribution in [2.24, 2.45) is 0 Å². The molecule has 2 amide bonds. The van der Waals surface area contributed by atoms with Gasteiger partial charge in [-0.3, -0.25) is 9.59 Å². The number of amides is 2. The molecule has 5 heteroatoms. The zero-order valence-electron chi connectivity index (χ0n) is 11.3. The molecule has 0 fully saturated rings. The standard InChI is InChI=1S/C14H19BrN2O2/c1-3-4-9-14(19)17(2)10-13(18)16-12-8-6-5-7-11(12)15/h5-8H,3-4,9-10H2,1-2H3,(H,16,18). The highest BCUT2D eigenvalue weighted by atomic mass is 79.9. The molecule has 0 saturated heterocycles. The minimum atomic E-state index is -0.195. The molecule has 0 spiro atoms. The molecule has 0 radical (unpaired) electrons. The van der Waals surface area contributed by atoms with Crippen LogP contribution in [0.2, 0.25) is 0 Å². The molecule has 0 bridgehead atoms. The number of hydrogen-bond acceptors (Lipinski definition) is 2. The van der Waals surface area contributed by atoms with Crippen LogP contribution in [0.3, 0.4) is 0 Å². The third-order valence-corrected chi connectivity index (χ3v) is 3.39. The van der Waals surface area contributed by atoms with Crippen LogP contribution in [-0.2, 0) is 9.59 Å².